The van der Waals surface area contributed by atoms with Gasteiger partial charge in [-0.25, -0.2) is 4.68 Å². The van der Waals surface area contributed by atoms with Gasteiger partial charge in [-0.3, -0.25) is 4.99 Å². The molecule has 0 atom stereocenters. The third kappa shape index (κ3) is 3.65. The summed E-state index contributed by atoms with van der Waals surface area (Å²) in [4.78, 5) is 6.81. The summed E-state index contributed by atoms with van der Waals surface area (Å²) in [6.45, 7) is 4.39. The number of thiazole rings is 1. The molecule has 0 unspecified atom stereocenters. The van der Waals surface area contributed by atoms with E-state index in [9.17, 15) is 0 Å². The molecular weight excluding hydrogens is 310 g/mol. The molecule has 0 amide bonds. The first-order valence-corrected chi connectivity index (χ1v) is 9.57. The molecule has 2 aromatic rings. The lowest BCUT2D eigenvalue weighted by Crippen LogP contribution is -2.14. The second-order valence-corrected chi connectivity index (χ2v) is 7.19. The van der Waals surface area contributed by atoms with Crippen molar-refractivity contribution in [3.8, 4) is 10.6 Å². The molecule has 22 heavy (non-hydrogen) atoms. The van der Waals surface area contributed by atoms with Crippen LogP contribution in [-0.4, -0.2) is 16.9 Å². The van der Waals surface area contributed by atoms with Crippen molar-refractivity contribution in [2.24, 2.45) is 10.1 Å². The fourth-order valence-electron chi connectivity index (χ4n) is 2.62. The molecule has 1 aliphatic rings. The van der Waals surface area contributed by atoms with E-state index >= 15 is 0 Å². The molecule has 1 aliphatic carbocycles. The Morgan fingerprint density at radius 2 is 2.00 bits per heavy atom. The molecule has 5 heteroatoms. The zero-order valence-electron chi connectivity index (χ0n) is 12.7. The average molecular weight is 332 g/mol. The van der Waals surface area contributed by atoms with Crippen molar-refractivity contribution in [3.63, 3.8) is 0 Å². The first-order valence-electron chi connectivity index (χ1n) is 7.81. The predicted molar refractivity (Wildman–Crippen MR) is 96.8 cm³/mol. The van der Waals surface area contributed by atoms with Gasteiger partial charge in [0.15, 0.2) is 0 Å². The van der Waals surface area contributed by atoms with E-state index in [2.05, 4.69) is 34.5 Å². The lowest BCUT2D eigenvalue weighted by Gasteiger charge is -2.05. The van der Waals surface area contributed by atoms with E-state index in [1.54, 1.807) is 22.7 Å². The van der Waals surface area contributed by atoms with Gasteiger partial charge in [-0.2, -0.15) is 5.10 Å². The number of thiophene rings is 1. The van der Waals surface area contributed by atoms with Gasteiger partial charge in [0.1, 0.15) is 0 Å². The van der Waals surface area contributed by atoms with Gasteiger partial charge < -0.3 is 0 Å². The summed E-state index contributed by atoms with van der Waals surface area (Å²) < 4.78 is 2.04. The van der Waals surface area contributed by atoms with Crippen LogP contribution in [0.4, 0.5) is 0 Å². The van der Waals surface area contributed by atoms with Crippen LogP contribution >= 0.6 is 22.7 Å². The molecule has 0 radical (unpaired) electrons. The molecule has 0 spiro atoms. The monoisotopic (exact) mass is 331 g/mol. The Labute approximate surface area is 139 Å². The van der Waals surface area contributed by atoms with E-state index in [1.807, 2.05) is 10.8 Å². The summed E-state index contributed by atoms with van der Waals surface area (Å²) in [5.74, 6) is 0. The normalized spacial score (nSPS) is 16.5. The van der Waals surface area contributed by atoms with Crippen LogP contribution in [-0.2, 0) is 0 Å². The summed E-state index contributed by atoms with van der Waals surface area (Å²) in [6.07, 6.45) is 9.25. The third-order valence-electron chi connectivity index (χ3n) is 3.74. The standard InChI is InChI=1S/C17H21N3S2/c1-2-11-18-17-20(19-14-8-5-3-4-6-9-14)15(13-22-17)16-10-7-12-21-16/h2,7,10,12-13H,1,3-6,8-9,11H2. The van der Waals surface area contributed by atoms with Gasteiger partial charge in [0.25, 0.3) is 0 Å². The van der Waals surface area contributed by atoms with Gasteiger partial charge in [-0.15, -0.1) is 29.3 Å². The highest BCUT2D eigenvalue weighted by Gasteiger charge is 2.11. The summed E-state index contributed by atoms with van der Waals surface area (Å²) in [5.41, 5.74) is 2.47. The van der Waals surface area contributed by atoms with Crippen molar-refractivity contribution in [3.05, 3.63) is 40.3 Å². The number of hydrogen-bond donors (Lipinski definition) is 0. The Balaban J connectivity index is 2.04. The van der Waals surface area contributed by atoms with Gasteiger partial charge in [0.2, 0.25) is 4.80 Å². The van der Waals surface area contributed by atoms with Crippen molar-refractivity contribution >= 4 is 28.4 Å². The quantitative estimate of drug-likeness (QED) is 0.562. The van der Waals surface area contributed by atoms with Gasteiger partial charge in [0.05, 0.1) is 17.1 Å². The fourth-order valence-corrected chi connectivity index (χ4v) is 4.25. The Morgan fingerprint density at radius 3 is 2.68 bits per heavy atom. The number of hydrogen-bond acceptors (Lipinski definition) is 4. The van der Waals surface area contributed by atoms with Gasteiger partial charge >= 0.3 is 0 Å². The summed E-state index contributed by atoms with van der Waals surface area (Å²) in [5, 5.41) is 9.24. The van der Waals surface area contributed by atoms with E-state index < -0.39 is 0 Å². The smallest absolute Gasteiger partial charge is 0.206 e. The van der Waals surface area contributed by atoms with Crippen molar-refractivity contribution in [1.29, 1.82) is 0 Å². The molecular formula is C17H21N3S2. The number of rotatable bonds is 4. The van der Waals surface area contributed by atoms with Crippen LogP contribution in [0.25, 0.3) is 10.6 Å². The van der Waals surface area contributed by atoms with E-state index in [0.29, 0.717) is 6.54 Å². The molecule has 0 aromatic carbocycles. The maximum absolute atomic E-state index is 4.97. The molecule has 0 N–H and O–H groups in total. The molecule has 0 bridgehead atoms. The van der Waals surface area contributed by atoms with Crippen LogP contribution in [0, 0.1) is 0 Å². The van der Waals surface area contributed by atoms with Gasteiger partial charge in [-0.1, -0.05) is 25.0 Å². The molecule has 0 aliphatic heterocycles. The number of nitrogens with zero attached hydrogens (tertiary/aromatic N) is 3. The summed E-state index contributed by atoms with van der Waals surface area (Å²) in [6, 6.07) is 4.23. The maximum Gasteiger partial charge on any atom is 0.206 e. The van der Waals surface area contributed by atoms with Crippen molar-refractivity contribution in [2.45, 2.75) is 38.5 Å². The molecule has 3 rings (SSSR count). The fraction of sp³-hybridized carbons (Fsp3) is 0.412. The first kappa shape index (κ1) is 15.4. The molecule has 3 nitrogen and oxygen atoms in total. The highest BCUT2D eigenvalue weighted by atomic mass is 32.1. The van der Waals surface area contributed by atoms with Crippen molar-refractivity contribution < 1.29 is 0 Å². The molecule has 0 saturated heterocycles. The number of aromatic nitrogens is 1. The second-order valence-electron chi connectivity index (χ2n) is 5.40. The van der Waals surface area contributed by atoms with E-state index in [0.717, 1.165) is 23.3 Å². The lowest BCUT2D eigenvalue weighted by atomic mass is 10.2. The minimum Gasteiger partial charge on any atom is -0.253 e. The van der Waals surface area contributed by atoms with E-state index in [4.69, 9.17) is 5.10 Å². The third-order valence-corrected chi connectivity index (χ3v) is 5.48. The van der Waals surface area contributed by atoms with Crippen LogP contribution in [0.5, 0.6) is 0 Å². The summed E-state index contributed by atoms with van der Waals surface area (Å²) in [7, 11) is 0. The Bertz CT molecular complexity index is 695. The van der Waals surface area contributed by atoms with Crippen LogP contribution < -0.4 is 4.80 Å². The highest BCUT2D eigenvalue weighted by Crippen LogP contribution is 2.25. The minimum atomic E-state index is 0.634. The molecule has 2 heterocycles. The van der Waals surface area contributed by atoms with Crippen molar-refractivity contribution in [2.75, 3.05) is 6.54 Å². The summed E-state index contributed by atoms with van der Waals surface area (Å²) >= 11 is 3.40. The largest absolute Gasteiger partial charge is 0.253 e. The lowest BCUT2D eigenvalue weighted by molar-refractivity contribution is 0.702. The topological polar surface area (TPSA) is 29.6 Å². The molecule has 116 valence electrons. The van der Waals surface area contributed by atoms with Crippen molar-refractivity contribution in [1.82, 2.24) is 4.68 Å². The van der Waals surface area contributed by atoms with Crippen LogP contribution in [0.2, 0.25) is 0 Å². The average Bonchev–Trinajstić information content (AvgIpc) is 3.10. The zero-order chi connectivity index (χ0) is 15.2. The minimum absolute atomic E-state index is 0.634. The highest BCUT2D eigenvalue weighted by molar-refractivity contribution is 7.14. The van der Waals surface area contributed by atoms with Gasteiger partial charge in [0, 0.05) is 11.1 Å². The SMILES string of the molecule is C=CCN=c1scc(-c2cccs2)n1N=C1CCCCCC1. The van der Waals surface area contributed by atoms with Crippen LogP contribution in [0.15, 0.2) is 45.6 Å². The Kier molecular flexibility index (Phi) is 5.40. The Morgan fingerprint density at radius 1 is 1.18 bits per heavy atom. The molecule has 2 aromatic heterocycles. The Hall–Kier alpha value is -1.46. The van der Waals surface area contributed by atoms with E-state index in [1.165, 1.54) is 36.3 Å². The molecule has 1 fully saturated rings. The molecule has 1 saturated carbocycles. The second kappa shape index (κ2) is 7.70. The van der Waals surface area contributed by atoms with Gasteiger partial charge in [-0.05, 0) is 37.1 Å². The predicted octanol–water partition coefficient (Wildman–Crippen LogP) is 4.92. The van der Waals surface area contributed by atoms with Crippen LogP contribution in [0.1, 0.15) is 38.5 Å². The first-order chi connectivity index (χ1) is 10.9. The van der Waals surface area contributed by atoms with Crippen LogP contribution in [0.3, 0.4) is 0 Å². The van der Waals surface area contributed by atoms with E-state index in [-0.39, 0.29) is 0 Å². The zero-order valence-corrected chi connectivity index (χ0v) is 14.3. The maximum atomic E-state index is 4.97.